The van der Waals surface area contributed by atoms with Gasteiger partial charge in [0, 0.05) is 14.0 Å². The second-order valence-corrected chi connectivity index (χ2v) is 7.09. The first-order valence-electron chi connectivity index (χ1n) is 6.75. The molecular weight excluding hydrogens is 463 g/mol. The number of amides is 2. The van der Waals surface area contributed by atoms with E-state index in [1.54, 1.807) is 6.07 Å². The van der Waals surface area contributed by atoms with Crippen LogP contribution in [0.15, 0.2) is 39.3 Å². The molecule has 2 aromatic carbocycles. The van der Waals surface area contributed by atoms with Gasteiger partial charge < -0.3 is 15.8 Å². The maximum Gasteiger partial charge on any atom is 0.262 e. The van der Waals surface area contributed by atoms with Crippen molar-refractivity contribution in [3.05, 3.63) is 55.4 Å². The Balaban J connectivity index is 2.09. The van der Waals surface area contributed by atoms with Crippen LogP contribution in [0.4, 0.5) is 5.69 Å². The smallest absolute Gasteiger partial charge is 0.262 e. The molecule has 2 amide bonds. The summed E-state index contributed by atoms with van der Waals surface area (Å²) >= 11 is 12.6. The number of benzene rings is 2. The van der Waals surface area contributed by atoms with E-state index < -0.39 is 5.91 Å². The highest BCUT2D eigenvalue weighted by Crippen LogP contribution is 2.32. The van der Waals surface area contributed by atoms with E-state index in [9.17, 15) is 9.59 Å². The zero-order valence-electron chi connectivity index (χ0n) is 12.5. The van der Waals surface area contributed by atoms with Crippen LogP contribution in [0, 0.1) is 6.92 Å². The predicted molar refractivity (Wildman–Crippen MR) is 101 cm³/mol. The lowest BCUT2D eigenvalue weighted by Crippen LogP contribution is -2.22. The lowest BCUT2D eigenvalue weighted by molar-refractivity contribution is -0.118. The van der Waals surface area contributed by atoms with Gasteiger partial charge in [0.25, 0.3) is 11.8 Å². The monoisotopic (exact) mass is 474 g/mol. The van der Waals surface area contributed by atoms with Gasteiger partial charge in [-0.05, 0) is 74.7 Å². The number of primary amides is 1. The quantitative estimate of drug-likeness (QED) is 0.676. The third kappa shape index (κ3) is 4.72. The summed E-state index contributed by atoms with van der Waals surface area (Å²) in [4.78, 5) is 23.5. The van der Waals surface area contributed by atoms with Gasteiger partial charge in [-0.15, -0.1) is 0 Å². The molecule has 0 unspecified atom stereocenters. The van der Waals surface area contributed by atoms with Crippen LogP contribution in [0.3, 0.4) is 0 Å². The van der Waals surface area contributed by atoms with Crippen LogP contribution in [-0.4, -0.2) is 18.4 Å². The minimum atomic E-state index is -0.683. The first kappa shape index (κ1) is 18.8. The molecule has 5 nitrogen and oxygen atoms in total. The molecule has 3 N–H and O–H groups in total. The van der Waals surface area contributed by atoms with Gasteiger partial charge in [-0.3, -0.25) is 9.59 Å². The third-order valence-corrected chi connectivity index (χ3v) is 4.50. The van der Waals surface area contributed by atoms with Gasteiger partial charge in [0.1, 0.15) is 5.75 Å². The molecule has 24 heavy (non-hydrogen) atoms. The standard InChI is InChI=1S/C16H13Br2ClN2O3/c1-8-4-11(17)15(12(18)5-8)21-14(22)7-24-13-3-2-9(19)6-10(13)16(20)23/h2-6H,7H2,1H3,(H2,20,23)(H,21,22). The molecule has 0 atom stereocenters. The molecule has 0 spiro atoms. The summed E-state index contributed by atoms with van der Waals surface area (Å²) in [6.07, 6.45) is 0. The molecule has 0 saturated carbocycles. The molecular formula is C16H13Br2ClN2O3. The summed E-state index contributed by atoms with van der Waals surface area (Å²) in [5.41, 5.74) is 7.03. The summed E-state index contributed by atoms with van der Waals surface area (Å²) < 4.78 is 6.87. The number of ether oxygens (including phenoxy) is 1. The fraction of sp³-hybridized carbons (Fsp3) is 0.125. The van der Waals surface area contributed by atoms with Gasteiger partial charge in [0.15, 0.2) is 6.61 Å². The van der Waals surface area contributed by atoms with Gasteiger partial charge >= 0.3 is 0 Å². The number of hydrogen-bond acceptors (Lipinski definition) is 3. The summed E-state index contributed by atoms with van der Waals surface area (Å²) in [7, 11) is 0. The molecule has 0 aliphatic carbocycles. The van der Waals surface area contributed by atoms with Crippen molar-refractivity contribution in [1.29, 1.82) is 0 Å². The Kier molecular flexibility index (Phi) is 6.26. The van der Waals surface area contributed by atoms with E-state index in [1.807, 2.05) is 19.1 Å². The second-order valence-electron chi connectivity index (χ2n) is 4.95. The Morgan fingerprint density at radius 3 is 2.42 bits per heavy atom. The Morgan fingerprint density at radius 2 is 1.83 bits per heavy atom. The second kappa shape index (κ2) is 8.00. The van der Waals surface area contributed by atoms with E-state index in [0.29, 0.717) is 10.7 Å². The highest BCUT2D eigenvalue weighted by molar-refractivity contribution is 9.11. The maximum atomic E-state index is 12.1. The summed E-state index contributed by atoms with van der Waals surface area (Å²) in [6.45, 7) is 1.66. The molecule has 0 radical (unpaired) electrons. The Hall–Kier alpha value is -1.57. The first-order chi connectivity index (χ1) is 11.3. The van der Waals surface area contributed by atoms with E-state index in [4.69, 9.17) is 22.1 Å². The van der Waals surface area contributed by atoms with Crippen LogP contribution in [-0.2, 0) is 4.79 Å². The van der Waals surface area contributed by atoms with Crippen LogP contribution < -0.4 is 15.8 Å². The van der Waals surface area contributed by atoms with Crippen LogP contribution in [0.1, 0.15) is 15.9 Å². The number of nitrogens with two attached hydrogens (primary N) is 1. The number of anilines is 1. The molecule has 0 saturated heterocycles. The fourth-order valence-corrected chi connectivity index (χ4v) is 3.74. The summed E-state index contributed by atoms with van der Waals surface area (Å²) in [5.74, 6) is -0.869. The van der Waals surface area contributed by atoms with Crippen molar-refractivity contribution in [3.63, 3.8) is 0 Å². The van der Waals surface area contributed by atoms with Gasteiger partial charge in [-0.25, -0.2) is 0 Å². The Bertz CT molecular complexity index is 789. The highest BCUT2D eigenvalue weighted by Gasteiger charge is 2.14. The molecule has 0 fully saturated rings. The third-order valence-electron chi connectivity index (χ3n) is 3.02. The van der Waals surface area contributed by atoms with Crippen molar-refractivity contribution >= 4 is 61.0 Å². The molecule has 0 aliphatic heterocycles. The number of nitrogens with one attached hydrogen (secondary N) is 1. The highest BCUT2D eigenvalue weighted by atomic mass is 79.9. The maximum absolute atomic E-state index is 12.1. The van der Waals surface area contributed by atoms with Crippen molar-refractivity contribution < 1.29 is 14.3 Å². The molecule has 126 valence electrons. The fourth-order valence-electron chi connectivity index (χ4n) is 1.96. The number of halogens is 3. The minimum absolute atomic E-state index is 0.119. The molecule has 0 heterocycles. The topological polar surface area (TPSA) is 81.4 Å². The number of carbonyl (C=O) groups excluding carboxylic acids is 2. The molecule has 8 heteroatoms. The normalized spacial score (nSPS) is 10.3. The molecule has 0 aromatic heterocycles. The van der Waals surface area contributed by atoms with Crippen molar-refractivity contribution in [3.8, 4) is 5.75 Å². The van der Waals surface area contributed by atoms with E-state index in [0.717, 1.165) is 14.5 Å². The van der Waals surface area contributed by atoms with Gasteiger partial charge in [-0.2, -0.15) is 0 Å². The first-order valence-corrected chi connectivity index (χ1v) is 8.72. The van der Waals surface area contributed by atoms with E-state index in [2.05, 4.69) is 37.2 Å². The van der Waals surface area contributed by atoms with Crippen molar-refractivity contribution in [1.82, 2.24) is 0 Å². The van der Waals surface area contributed by atoms with Gasteiger partial charge in [-0.1, -0.05) is 11.6 Å². The number of hydrogen-bond donors (Lipinski definition) is 2. The van der Waals surface area contributed by atoms with Crippen LogP contribution >= 0.6 is 43.5 Å². The largest absolute Gasteiger partial charge is 0.483 e. The zero-order chi connectivity index (χ0) is 17.9. The Labute approximate surface area is 160 Å². The van der Waals surface area contributed by atoms with Crippen molar-refractivity contribution in [2.75, 3.05) is 11.9 Å². The van der Waals surface area contributed by atoms with Gasteiger partial charge in [0.05, 0.1) is 11.3 Å². The zero-order valence-corrected chi connectivity index (χ0v) is 16.5. The Morgan fingerprint density at radius 1 is 1.21 bits per heavy atom. The molecule has 2 aromatic rings. The van der Waals surface area contributed by atoms with Crippen molar-refractivity contribution in [2.24, 2.45) is 5.73 Å². The molecule has 0 aliphatic rings. The van der Waals surface area contributed by atoms with E-state index >= 15 is 0 Å². The summed E-state index contributed by atoms with van der Waals surface area (Å²) in [5, 5.41) is 3.09. The van der Waals surface area contributed by atoms with Gasteiger partial charge in [0.2, 0.25) is 0 Å². The summed E-state index contributed by atoms with van der Waals surface area (Å²) in [6, 6.07) is 8.20. The molecule has 0 bridgehead atoms. The van der Waals surface area contributed by atoms with Crippen molar-refractivity contribution in [2.45, 2.75) is 6.92 Å². The predicted octanol–water partition coefficient (Wildman–Crippen LogP) is 4.29. The number of aryl methyl sites for hydroxylation is 1. The van der Waals surface area contributed by atoms with E-state index in [1.165, 1.54) is 12.1 Å². The van der Waals surface area contributed by atoms with Crippen LogP contribution in [0.2, 0.25) is 5.02 Å². The van der Waals surface area contributed by atoms with Crippen LogP contribution in [0.5, 0.6) is 5.75 Å². The minimum Gasteiger partial charge on any atom is -0.483 e. The number of rotatable bonds is 5. The average molecular weight is 477 g/mol. The number of carbonyl (C=O) groups is 2. The lowest BCUT2D eigenvalue weighted by atomic mass is 10.2. The molecule has 2 rings (SSSR count). The lowest BCUT2D eigenvalue weighted by Gasteiger charge is -2.13. The SMILES string of the molecule is Cc1cc(Br)c(NC(=O)COc2ccc(Cl)cc2C(N)=O)c(Br)c1. The average Bonchev–Trinajstić information content (AvgIpc) is 2.49. The van der Waals surface area contributed by atoms with Crippen LogP contribution in [0.25, 0.3) is 0 Å². The van der Waals surface area contributed by atoms with E-state index in [-0.39, 0.29) is 23.8 Å².